The first-order valence-electron chi connectivity index (χ1n) is 18.6. The minimum Gasteiger partial charge on any atom is -0.478 e. The molecule has 1 heterocycles. The molecule has 0 aliphatic heterocycles. The Morgan fingerprint density at radius 2 is 1.43 bits per heavy atom. The third-order valence-corrected chi connectivity index (χ3v) is 12.6. The maximum absolute atomic E-state index is 14.9. The van der Waals surface area contributed by atoms with Crippen molar-refractivity contribution >= 4 is 28.5 Å². The molecule has 2 atom stereocenters. The number of benzene rings is 4. The van der Waals surface area contributed by atoms with E-state index in [4.69, 9.17) is 0 Å². The Balaban J connectivity index is 1.25. The van der Waals surface area contributed by atoms with Gasteiger partial charge in [-0.05, 0) is 131 Å². The van der Waals surface area contributed by atoms with Gasteiger partial charge < -0.3 is 10.2 Å². The van der Waals surface area contributed by atoms with Crippen LogP contribution in [-0.4, -0.2) is 37.1 Å². The summed E-state index contributed by atoms with van der Waals surface area (Å²) in [5, 5.41) is 27.4. The SMILES string of the molecule is C=C(c1ccc(C(=O)O)cc1)c1cc2c(cc1C)C(C)(C)C=CC2(C)CCC1(C)CCC(C)(C)c2cc(-n3nnc4cc(C(=O)O)c(F)cc43)c(C)cc21. The van der Waals surface area contributed by atoms with E-state index < -0.39 is 23.3 Å². The van der Waals surface area contributed by atoms with Crippen LogP contribution < -0.4 is 0 Å². The predicted molar refractivity (Wildman–Crippen MR) is 212 cm³/mol. The first kappa shape index (κ1) is 37.0. The smallest absolute Gasteiger partial charge is 0.338 e. The van der Waals surface area contributed by atoms with Gasteiger partial charge >= 0.3 is 11.9 Å². The summed E-state index contributed by atoms with van der Waals surface area (Å²) < 4.78 is 16.5. The minimum atomic E-state index is -1.34. The zero-order valence-corrected chi connectivity index (χ0v) is 32.4. The summed E-state index contributed by atoms with van der Waals surface area (Å²) in [7, 11) is 0. The van der Waals surface area contributed by atoms with E-state index in [1.807, 2.05) is 19.1 Å². The predicted octanol–water partition coefficient (Wildman–Crippen LogP) is 10.5. The molecule has 7 nitrogen and oxygen atoms in total. The highest BCUT2D eigenvalue weighted by molar-refractivity contribution is 5.93. The lowest BCUT2D eigenvalue weighted by Gasteiger charge is -2.46. The second-order valence-corrected chi connectivity index (χ2v) is 17.3. The lowest BCUT2D eigenvalue weighted by Crippen LogP contribution is -2.38. The highest BCUT2D eigenvalue weighted by Gasteiger charge is 2.43. The van der Waals surface area contributed by atoms with Gasteiger partial charge in [-0.25, -0.2) is 18.7 Å². The second-order valence-electron chi connectivity index (χ2n) is 17.3. The van der Waals surface area contributed by atoms with Crippen LogP contribution >= 0.6 is 0 Å². The van der Waals surface area contributed by atoms with E-state index in [0.717, 1.165) is 59.2 Å². The van der Waals surface area contributed by atoms with Gasteiger partial charge in [-0.3, -0.25) is 0 Å². The lowest BCUT2D eigenvalue weighted by atomic mass is 9.58. The molecule has 54 heavy (non-hydrogen) atoms. The van der Waals surface area contributed by atoms with Crippen LogP contribution in [-0.2, 0) is 21.7 Å². The van der Waals surface area contributed by atoms with Crippen LogP contribution in [0.3, 0.4) is 0 Å². The number of aromatic carboxylic acids is 2. The van der Waals surface area contributed by atoms with Gasteiger partial charge in [0.05, 0.1) is 22.3 Å². The third kappa shape index (κ3) is 6.05. The molecular weight excluding hydrogens is 678 g/mol. The quantitative estimate of drug-likeness (QED) is 0.154. The Morgan fingerprint density at radius 3 is 2.09 bits per heavy atom. The molecule has 0 fully saturated rings. The Kier molecular flexibility index (Phi) is 8.63. The molecular formula is C46H48FN3O4. The molecule has 8 heteroatoms. The number of carboxylic acids is 2. The zero-order chi connectivity index (χ0) is 39.1. The van der Waals surface area contributed by atoms with Crippen molar-refractivity contribution in [2.24, 2.45) is 0 Å². The van der Waals surface area contributed by atoms with E-state index in [9.17, 15) is 24.2 Å². The Labute approximate surface area is 316 Å². The number of rotatable bonds is 8. The number of fused-ring (bicyclic) bond motifs is 3. The molecule has 2 N–H and O–H groups in total. The molecule has 278 valence electrons. The van der Waals surface area contributed by atoms with Gasteiger partial charge in [0.1, 0.15) is 11.3 Å². The zero-order valence-electron chi connectivity index (χ0n) is 32.4. The van der Waals surface area contributed by atoms with Crippen molar-refractivity contribution in [2.45, 2.75) is 103 Å². The maximum atomic E-state index is 14.9. The van der Waals surface area contributed by atoms with Gasteiger partial charge in [-0.2, -0.15) is 0 Å². The van der Waals surface area contributed by atoms with Crippen molar-refractivity contribution < 1.29 is 24.2 Å². The van der Waals surface area contributed by atoms with E-state index in [1.54, 1.807) is 16.8 Å². The van der Waals surface area contributed by atoms with Crippen molar-refractivity contribution in [1.82, 2.24) is 15.0 Å². The fourth-order valence-corrected chi connectivity index (χ4v) is 8.72. The largest absolute Gasteiger partial charge is 0.478 e. The fourth-order valence-electron chi connectivity index (χ4n) is 8.72. The van der Waals surface area contributed by atoms with Gasteiger partial charge in [-0.15, -0.1) is 5.10 Å². The summed E-state index contributed by atoms with van der Waals surface area (Å²) in [6.07, 6.45) is 8.65. The molecule has 2 unspecified atom stereocenters. The summed E-state index contributed by atoms with van der Waals surface area (Å²) in [4.78, 5) is 23.1. The molecule has 0 amide bonds. The number of halogens is 1. The standard InChI is InChI=1S/C46H48FN3O4/c1-26-20-33-36(22-31(26)28(3)29-10-12-30(13-11-29)41(51)52)46(9,17-14-43(33,4)5)19-18-45(8)16-15-44(6,7)34-24-39(27(2)21-35(34)45)50-40-25-37(47)32(42(53)54)23-38(40)48-49-50/h10-14,17,20-25H,3,15-16,18-19H2,1-2,4-9H3,(H,51,52)(H,53,54). The number of allylic oxidation sites excluding steroid dienone is 2. The summed E-state index contributed by atoms with van der Waals surface area (Å²) in [6, 6.07) is 18.5. The second kappa shape index (κ2) is 12.6. The Bertz CT molecular complexity index is 2440. The van der Waals surface area contributed by atoms with Crippen LogP contribution in [0.4, 0.5) is 4.39 Å². The molecule has 7 rings (SSSR count). The molecule has 5 aromatic rings. The number of nitrogens with zero attached hydrogens (tertiary/aromatic N) is 3. The molecule has 0 spiro atoms. The van der Waals surface area contributed by atoms with Crippen LogP contribution in [0.5, 0.6) is 0 Å². The highest BCUT2D eigenvalue weighted by Crippen LogP contribution is 2.52. The van der Waals surface area contributed by atoms with E-state index >= 15 is 0 Å². The number of aromatic nitrogens is 3. The number of aryl methyl sites for hydroxylation is 2. The van der Waals surface area contributed by atoms with Gasteiger partial charge in [-0.1, -0.05) is 89.8 Å². The van der Waals surface area contributed by atoms with Gasteiger partial charge in [0.2, 0.25) is 0 Å². The number of carboxylic acid groups (broad SMARTS) is 2. The highest BCUT2D eigenvalue weighted by atomic mass is 19.1. The number of hydrogen-bond donors (Lipinski definition) is 2. The molecule has 0 radical (unpaired) electrons. The number of hydrogen-bond acceptors (Lipinski definition) is 4. The summed E-state index contributed by atoms with van der Waals surface area (Å²) in [6.45, 7) is 22.5. The Morgan fingerprint density at radius 1 is 0.759 bits per heavy atom. The van der Waals surface area contributed by atoms with Crippen molar-refractivity contribution in [3.8, 4) is 5.69 Å². The first-order valence-corrected chi connectivity index (χ1v) is 18.6. The van der Waals surface area contributed by atoms with Crippen molar-refractivity contribution in [3.05, 3.63) is 141 Å². The third-order valence-electron chi connectivity index (χ3n) is 12.6. The van der Waals surface area contributed by atoms with Crippen molar-refractivity contribution in [3.63, 3.8) is 0 Å². The normalized spacial score (nSPS) is 21.1. The van der Waals surface area contributed by atoms with Crippen molar-refractivity contribution in [2.75, 3.05) is 0 Å². The fraction of sp³-hybridized carbons (Fsp3) is 0.348. The van der Waals surface area contributed by atoms with Crippen LogP contribution in [0.2, 0.25) is 0 Å². The van der Waals surface area contributed by atoms with Crippen LogP contribution in [0.15, 0.2) is 79.4 Å². The van der Waals surface area contributed by atoms with E-state index in [-0.39, 0.29) is 27.2 Å². The lowest BCUT2D eigenvalue weighted by molar-refractivity contribution is 0.0683. The molecule has 0 bridgehead atoms. The average molecular weight is 726 g/mol. The minimum absolute atomic E-state index is 0.115. The van der Waals surface area contributed by atoms with E-state index in [2.05, 4.69) is 102 Å². The van der Waals surface area contributed by atoms with Gasteiger partial charge in [0.15, 0.2) is 0 Å². The summed E-state index contributed by atoms with van der Waals surface area (Å²) in [5.41, 5.74) is 10.8. The van der Waals surface area contributed by atoms with E-state index in [0.29, 0.717) is 11.0 Å². The number of carbonyl (C=O) groups is 2. The molecule has 0 saturated heterocycles. The first-order chi connectivity index (χ1) is 25.2. The summed E-state index contributed by atoms with van der Waals surface area (Å²) in [5.74, 6) is -3.11. The maximum Gasteiger partial charge on any atom is 0.338 e. The van der Waals surface area contributed by atoms with Gasteiger partial charge in [0, 0.05) is 16.9 Å². The molecule has 2 aliphatic rings. The monoisotopic (exact) mass is 725 g/mol. The summed E-state index contributed by atoms with van der Waals surface area (Å²) >= 11 is 0. The Hall–Kier alpha value is -5.37. The molecule has 4 aromatic carbocycles. The molecule has 2 aliphatic carbocycles. The van der Waals surface area contributed by atoms with Gasteiger partial charge in [0.25, 0.3) is 0 Å². The molecule has 0 saturated carbocycles. The van der Waals surface area contributed by atoms with Crippen LogP contribution in [0, 0.1) is 19.7 Å². The average Bonchev–Trinajstić information content (AvgIpc) is 3.52. The van der Waals surface area contributed by atoms with E-state index in [1.165, 1.54) is 34.4 Å². The van der Waals surface area contributed by atoms with Crippen molar-refractivity contribution in [1.29, 1.82) is 0 Å². The molecule has 1 aromatic heterocycles. The topological polar surface area (TPSA) is 105 Å². The van der Waals surface area contributed by atoms with Crippen LogP contribution in [0.25, 0.3) is 22.3 Å². The van der Waals surface area contributed by atoms with Crippen LogP contribution in [0.1, 0.15) is 132 Å².